The second kappa shape index (κ2) is 7.77. The number of hydrogen-bond acceptors (Lipinski definition) is 6. The van der Waals surface area contributed by atoms with Crippen molar-refractivity contribution < 1.29 is 19.4 Å². The van der Waals surface area contributed by atoms with Gasteiger partial charge in [-0.25, -0.2) is 4.98 Å². The fourth-order valence-corrected chi connectivity index (χ4v) is 3.61. The summed E-state index contributed by atoms with van der Waals surface area (Å²) in [4.78, 5) is 28.8. The first-order chi connectivity index (χ1) is 10.0. The summed E-state index contributed by atoms with van der Waals surface area (Å²) in [6, 6.07) is 0. The molecule has 2 heterocycles. The number of carboxylic acid groups (broad SMARTS) is 1. The third kappa shape index (κ3) is 5.29. The molecule has 116 valence electrons. The highest BCUT2D eigenvalue weighted by atomic mass is 32.2. The molecule has 8 heteroatoms. The monoisotopic (exact) mass is 330 g/mol. The van der Waals surface area contributed by atoms with Gasteiger partial charge >= 0.3 is 5.97 Å². The summed E-state index contributed by atoms with van der Waals surface area (Å²) in [5.41, 5.74) is 1.00. The van der Waals surface area contributed by atoms with E-state index < -0.39 is 12.1 Å². The van der Waals surface area contributed by atoms with Gasteiger partial charge in [-0.05, 0) is 6.92 Å². The Morgan fingerprint density at radius 2 is 2.43 bits per heavy atom. The Morgan fingerprint density at radius 1 is 1.62 bits per heavy atom. The van der Waals surface area contributed by atoms with Crippen LogP contribution in [0.1, 0.15) is 17.1 Å². The first-order valence-electron chi connectivity index (χ1n) is 6.64. The van der Waals surface area contributed by atoms with Crippen molar-refractivity contribution in [3.05, 3.63) is 16.1 Å². The molecule has 0 spiro atoms. The number of aryl methyl sites for hydroxylation is 1. The number of carbonyl (C=O) groups is 2. The number of carbonyl (C=O) groups excluding carboxylic acids is 1. The number of nitrogens with zero attached hydrogens (tertiary/aromatic N) is 2. The van der Waals surface area contributed by atoms with Crippen LogP contribution in [0.25, 0.3) is 0 Å². The van der Waals surface area contributed by atoms with Gasteiger partial charge in [0, 0.05) is 24.2 Å². The Hall–Kier alpha value is -1.12. The molecule has 1 aliphatic heterocycles. The molecule has 21 heavy (non-hydrogen) atoms. The second-order valence-electron chi connectivity index (χ2n) is 4.78. The van der Waals surface area contributed by atoms with Gasteiger partial charge in [0.05, 0.1) is 35.6 Å². The van der Waals surface area contributed by atoms with E-state index in [1.54, 1.807) is 16.2 Å². The van der Waals surface area contributed by atoms with Crippen LogP contribution in [0.15, 0.2) is 5.38 Å². The average Bonchev–Trinajstić information content (AvgIpc) is 2.84. The van der Waals surface area contributed by atoms with E-state index in [0.29, 0.717) is 25.4 Å². The van der Waals surface area contributed by atoms with Crippen LogP contribution in [0.3, 0.4) is 0 Å². The van der Waals surface area contributed by atoms with E-state index in [1.165, 1.54) is 11.8 Å². The molecule has 1 aromatic heterocycles. The first-order valence-corrected chi connectivity index (χ1v) is 8.68. The SMILES string of the molecule is Cc1nc(CSCC(=O)N2CCOC(CC(=O)O)C2)cs1. The highest BCUT2D eigenvalue weighted by molar-refractivity contribution is 7.99. The van der Waals surface area contributed by atoms with E-state index in [0.717, 1.165) is 16.5 Å². The van der Waals surface area contributed by atoms with Gasteiger partial charge in [-0.1, -0.05) is 0 Å². The molecule has 1 N–H and O–H groups in total. The maximum absolute atomic E-state index is 12.1. The molecular formula is C13H18N2O4S2. The summed E-state index contributed by atoms with van der Waals surface area (Å²) in [5.74, 6) is 0.239. The molecule has 1 aromatic rings. The van der Waals surface area contributed by atoms with E-state index in [4.69, 9.17) is 9.84 Å². The number of thioether (sulfide) groups is 1. The molecule has 0 aliphatic carbocycles. The van der Waals surface area contributed by atoms with Crippen LogP contribution in [0.5, 0.6) is 0 Å². The molecule has 0 radical (unpaired) electrons. The number of aromatic nitrogens is 1. The van der Waals surface area contributed by atoms with Crippen molar-refractivity contribution in [3.63, 3.8) is 0 Å². The molecule has 1 aliphatic rings. The minimum atomic E-state index is -0.900. The molecule has 0 aromatic carbocycles. The third-order valence-electron chi connectivity index (χ3n) is 3.04. The van der Waals surface area contributed by atoms with E-state index >= 15 is 0 Å². The van der Waals surface area contributed by atoms with Crippen LogP contribution in [-0.4, -0.2) is 58.4 Å². The fourth-order valence-electron chi connectivity index (χ4n) is 2.07. The maximum Gasteiger partial charge on any atom is 0.306 e. The highest BCUT2D eigenvalue weighted by Gasteiger charge is 2.25. The van der Waals surface area contributed by atoms with Crippen LogP contribution in [-0.2, 0) is 20.1 Å². The first kappa shape index (κ1) is 16.3. The Kier molecular flexibility index (Phi) is 6.01. The van der Waals surface area contributed by atoms with E-state index in [2.05, 4.69) is 4.98 Å². The fraction of sp³-hybridized carbons (Fsp3) is 0.615. The maximum atomic E-state index is 12.1. The van der Waals surface area contributed by atoms with Crippen molar-refractivity contribution >= 4 is 35.0 Å². The van der Waals surface area contributed by atoms with Crippen molar-refractivity contribution in [1.29, 1.82) is 0 Å². The van der Waals surface area contributed by atoms with Crippen LogP contribution >= 0.6 is 23.1 Å². The zero-order valence-corrected chi connectivity index (χ0v) is 13.4. The summed E-state index contributed by atoms with van der Waals surface area (Å²) < 4.78 is 5.36. The Labute approximate surface area is 131 Å². The lowest BCUT2D eigenvalue weighted by Gasteiger charge is -2.32. The van der Waals surface area contributed by atoms with Gasteiger partial charge in [-0.15, -0.1) is 23.1 Å². The molecule has 1 saturated heterocycles. The normalized spacial score (nSPS) is 18.7. The Morgan fingerprint density at radius 3 is 3.10 bits per heavy atom. The topological polar surface area (TPSA) is 79.7 Å². The van der Waals surface area contributed by atoms with Gasteiger partial charge < -0.3 is 14.7 Å². The zero-order chi connectivity index (χ0) is 15.2. The van der Waals surface area contributed by atoms with Crippen LogP contribution in [0.2, 0.25) is 0 Å². The summed E-state index contributed by atoms with van der Waals surface area (Å²) >= 11 is 3.14. The van der Waals surface area contributed by atoms with Crippen molar-refractivity contribution in [1.82, 2.24) is 9.88 Å². The molecule has 1 unspecified atom stereocenters. The number of thiazole rings is 1. The summed E-state index contributed by atoms with van der Waals surface area (Å²) in [6.07, 6.45) is -0.457. The van der Waals surface area contributed by atoms with Gasteiger partial charge in [0.15, 0.2) is 0 Å². The Bertz CT molecular complexity index is 506. The van der Waals surface area contributed by atoms with Crippen LogP contribution in [0.4, 0.5) is 0 Å². The highest BCUT2D eigenvalue weighted by Crippen LogP contribution is 2.16. The molecule has 0 bridgehead atoms. The number of carboxylic acids is 1. The average molecular weight is 330 g/mol. The standard InChI is InChI=1S/C13H18N2O4S2/c1-9-14-10(7-21-9)6-20-8-12(16)15-2-3-19-11(5-15)4-13(17)18/h7,11H,2-6,8H2,1H3,(H,17,18). The van der Waals surface area contributed by atoms with Gasteiger partial charge in [-0.2, -0.15) is 0 Å². The summed E-state index contributed by atoms with van der Waals surface area (Å²) in [7, 11) is 0. The largest absolute Gasteiger partial charge is 0.481 e. The van der Waals surface area contributed by atoms with Gasteiger partial charge in [-0.3, -0.25) is 9.59 Å². The van der Waals surface area contributed by atoms with Crippen LogP contribution in [0, 0.1) is 6.92 Å². The predicted molar refractivity (Wildman–Crippen MR) is 81.6 cm³/mol. The van der Waals surface area contributed by atoms with E-state index in [9.17, 15) is 9.59 Å². The number of hydrogen-bond donors (Lipinski definition) is 1. The minimum absolute atomic E-state index is 0.0330. The quantitative estimate of drug-likeness (QED) is 0.849. The molecular weight excluding hydrogens is 312 g/mol. The smallest absolute Gasteiger partial charge is 0.306 e. The molecule has 1 fully saturated rings. The number of amides is 1. The lowest BCUT2D eigenvalue weighted by molar-refractivity contribution is -0.146. The predicted octanol–water partition coefficient (Wildman–Crippen LogP) is 1.39. The van der Waals surface area contributed by atoms with Gasteiger partial charge in [0.25, 0.3) is 0 Å². The molecule has 1 amide bonds. The molecule has 6 nitrogen and oxygen atoms in total. The van der Waals surface area contributed by atoms with E-state index in [1.807, 2.05) is 12.3 Å². The van der Waals surface area contributed by atoms with Gasteiger partial charge in [0.2, 0.25) is 5.91 Å². The van der Waals surface area contributed by atoms with Crippen molar-refractivity contribution in [2.75, 3.05) is 25.4 Å². The zero-order valence-electron chi connectivity index (χ0n) is 11.8. The van der Waals surface area contributed by atoms with Crippen molar-refractivity contribution in [2.24, 2.45) is 0 Å². The lowest BCUT2D eigenvalue weighted by atomic mass is 10.2. The number of morpholine rings is 1. The van der Waals surface area contributed by atoms with Gasteiger partial charge in [0.1, 0.15) is 0 Å². The number of rotatable bonds is 6. The second-order valence-corrected chi connectivity index (χ2v) is 6.83. The van der Waals surface area contributed by atoms with Crippen molar-refractivity contribution in [2.45, 2.75) is 25.2 Å². The third-order valence-corrected chi connectivity index (χ3v) is 4.81. The summed E-state index contributed by atoms with van der Waals surface area (Å²) in [6.45, 7) is 3.26. The number of aliphatic carboxylic acids is 1. The Balaban J connectivity index is 1.73. The minimum Gasteiger partial charge on any atom is -0.481 e. The lowest BCUT2D eigenvalue weighted by Crippen LogP contribution is -2.46. The number of ether oxygens (including phenoxy) is 1. The molecule has 1 atom stereocenters. The molecule has 2 rings (SSSR count). The van der Waals surface area contributed by atoms with Crippen LogP contribution < -0.4 is 0 Å². The van der Waals surface area contributed by atoms with Crippen molar-refractivity contribution in [3.8, 4) is 0 Å². The van der Waals surface area contributed by atoms with E-state index in [-0.39, 0.29) is 12.3 Å². The summed E-state index contributed by atoms with van der Waals surface area (Å²) in [5, 5.41) is 11.8. The molecule has 0 saturated carbocycles.